The molecule has 1 aromatic carbocycles. The zero-order valence-electron chi connectivity index (χ0n) is 17.8. The van der Waals surface area contributed by atoms with Crippen LogP contribution in [-0.2, 0) is 22.6 Å². The van der Waals surface area contributed by atoms with Gasteiger partial charge in [-0.25, -0.2) is 9.18 Å². The van der Waals surface area contributed by atoms with Crippen molar-refractivity contribution in [2.45, 2.75) is 39.0 Å². The fourth-order valence-electron chi connectivity index (χ4n) is 2.76. The maximum atomic E-state index is 12.9. The summed E-state index contributed by atoms with van der Waals surface area (Å²) in [5, 5.41) is 11.2. The highest BCUT2D eigenvalue weighted by atomic mass is 32.2. The molecule has 11 heteroatoms. The van der Waals surface area contributed by atoms with Crippen molar-refractivity contribution in [2.75, 3.05) is 17.7 Å². The Kier molecular flexibility index (Phi) is 8.23. The number of halogens is 1. The first-order valence-corrected chi connectivity index (χ1v) is 11.6. The number of esters is 1. The number of anilines is 1. The van der Waals surface area contributed by atoms with Crippen molar-refractivity contribution in [1.82, 2.24) is 10.2 Å². The first-order chi connectivity index (χ1) is 15.4. The average molecular weight is 480 g/mol. The van der Waals surface area contributed by atoms with E-state index in [1.165, 1.54) is 35.6 Å². The maximum Gasteiger partial charge on any atom is 0.341 e. The SMILES string of the molecule is CCOC(=O)c1c(NC(=O)CSc2nnc(COc3ccc(F)cc3)o2)sc(CC)c1C. The zero-order chi connectivity index (χ0) is 23.1. The van der Waals surface area contributed by atoms with Gasteiger partial charge in [0.15, 0.2) is 6.61 Å². The number of nitrogens with one attached hydrogen (secondary N) is 1. The van der Waals surface area contributed by atoms with E-state index in [0.29, 0.717) is 16.3 Å². The lowest BCUT2D eigenvalue weighted by Gasteiger charge is -2.06. The Morgan fingerprint density at radius 2 is 1.97 bits per heavy atom. The summed E-state index contributed by atoms with van der Waals surface area (Å²) in [6, 6.07) is 5.56. The minimum Gasteiger partial charge on any atom is -0.484 e. The van der Waals surface area contributed by atoms with Gasteiger partial charge >= 0.3 is 5.97 Å². The molecule has 0 aliphatic heterocycles. The Labute approximate surface area is 192 Å². The van der Waals surface area contributed by atoms with Crippen LogP contribution in [0, 0.1) is 12.7 Å². The number of thiophene rings is 1. The van der Waals surface area contributed by atoms with Crippen LogP contribution in [0.4, 0.5) is 9.39 Å². The van der Waals surface area contributed by atoms with E-state index in [1.807, 2.05) is 13.8 Å². The average Bonchev–Trinajstić information content (AvgIpc) is 3.35. The Balaban J connectivity index is 1.55. The van der Waals surface area contributed by atoms with Gasteiger partial charge in [0.1, 0.15) is 16.6 Å². The normalized spacial score (nSPS) is 10.8. The van der Waals surface area contributed by atoms with Crippen LogP contribution in [0.15, 0.2) is 33.9 Å². The van der Waals surface area contributed by atoms with Crippen LogP contribution in [0.3, 0.4) is 0 Å². The molecule has 0 atom stereocenters. The number of thioether (sulfide) groups is 1. The van der Waals surface area contributed by atoms with Crippen molar-refractivity contribution in [2.24, 2.45) is 0 Å². The van der Waals surface area contributed by atoms with Crippen LogP contribution in [0.25, 0.3) is 0 Å². The molecule has 1 amide bonds. The van der Waals surface area contributed by atoms with Gasteiger partial charge in [-0.2, -0.15) is 0 Å². The first-order valence-electron chi connectivity index (χ1n) is 9.84. The van der Waals surface area contributed by atoms with Crippen molar-refractivity contribution < 1.29 is 27.9 Å². The molecular formula is C21H22FN3O5S2. The molecule has 32 heavy (non-hydrogen) atoms. The summed E-state index contributed by atoms with van der Waals surface area (Å²) in [4.78, 5) is 25.8. The fourth-order valence-corrected chi connectivity index (χ4v) is 4.49. The first kappa shape index (κ1) is 23.7. The third-order valence-electron chi connectivity index (χ3n) is 4.25. The second kappa shape index (κ2) is 11.1. The molecule has 0 spiro atoms. The number of amides is 1. The van der Waals surface area contributed by atoms with Gasteiger partial charge in [0.25, 0.3) is 11.1 Å². The second-order valence-corrected chi connectivity index (χ2v) is 8.50. The van der Waals surface area contributed by atoms with Gasteiger partial charge in [-0.1, -0.05) is 18.7 Å². The predicted octanol–water partition coefficient (Wildman–Crippen LogP) is 4.63. The summed E-state index contributed by atoms with van der Waals surface area (Å²) in [5.41, 5.74) is 1.21. The third-order valence-corrected chi connectivity index (χ3v) is 6.42. The molecule has 0 saturated carbocycles. The topological polar surface area (TPSA) is 104 Å². The highest BCUT2D eigenvalue weighted by Gasteiger charge is 2.23. The van der Waals surface area contributed by atoms with Gasteiger partial charge < -0.3 is 19.2 Å². The van der Waals surface area contributed by atoms with E-state index in [9.17, 15) is 14.0 Å². The van der Waals surface area contributed by atoms with Crippen LogP contribution < -0.4 is 10.1 Å². The van der Waals surface area contributed by atoms with Crippen LogP contribution >= 0.6 is 23.1 Å². The number of benzene rings is 1. The third kappa shape index (κ3) is 6.07. The smallest absolute Gasteiger partial charge is 0.341 e. The van der Waals surface area contributed by atoms with Crippen LogP contribution in [-0.4, -0.2) is 34.4 Å². The van der Waals surface area contributed by atoms with Gasteiger partial charge in [0.2, 0.25) is 5.91 Å². The van der Waals surface area contributed by atoms with Gasteiger partial charge in [-0.05, 0) is 50.1 Å². The zero-order valence-corrected chi connectivity index (χ0v) is 19.4. The molecule has 0 saturated heterocycles. The summed E-state index contributed by atoms with van der Waals surface area (Å²) in [7, 11) is 0. The number of hydrogen-bond donors (Lipinski definition) is 1. The molecule has 170 valence electrons. The Morgan fingerprint density at radius 3 is 2.66 bits per heavy atom. The van der Waals surface area contributed by atoms with Crippen molar-refractivity contribution in [3.05, 3.63) is 52.0 Å². The molecule has 0 unspecified atom stereocenters. The highest BCUT2D eigenvalue weighted by molar-refractivity contribution is 7.99. The molecule has 0 aliphatic rings. The standard InChI is InChI=1S/C21H22FN3O5S2/c1-4-15-12(3)18(20(27)28-5-2)19(32-15)23-16(26)11-31-21-25-24-17(30-21)10-29-14-8-6-13(22)7-9-14/h6-9H,4-5,10-11H2,1-3H3,(H,23,26). The molecular weight excluding hydrogens is 457 g/mol. The minimum atomic E-state index is -0.452. The Hall–Kier alpha value is -2.92. The summed E-state index contributed by atoms with van der Waals surface area (Å²) < 4.78 is 29.0. The van der Waals surface area contributed by atoms with E-state index in [2.05, 4.69) is 15.5 Å². The van der Waals surface area contributed by atoms with E-state index in [0.717, 1.165) is 28.6 Å². The molecule has 3 rings (SSSR count). The van der Waals surface area contributed by atoms with E-state index in [1.54, 1.807) is 6.92 Å². The quantitative estimate of drug-likeness (QED) is 0.332. The number of carbonyl (C=O) groups is 2. The highest BCUT2D eigenvalue weighted by Crippen LogP contribution is 2.34. The van der Waals surface area contributed by atoms with Crippen LogP contribution in [0.1, 0.15) is 40.5 Å². The fraction of sp³-hybridized carbons (Fsp3) is 0.333. The molecule has 3 aromatic rings. The van der Waals surface area contributed by atoms with Crippen molar-refractivity contribution in [3.8, 4) is 5.75 Å². The van der Waals surface area contributed by atoms with Gasteiger partial charge in [-0.15, -0.1) is 21.5 Å². The van der Waals surface area contributed by atoms with Crippen molar-refractivity contribution >= 4 is 40.0 Å². The number of rotatable bonds is 10. The Bertz CT molecular complexity index is 1080. The van der Waals surface area contributed by atoms with Crippen LogP contribution in [0.2, 0.25) is 0 Å². The van der Waals surface area contributed by atoms with Crippen LogP contribution in [0.5, 0.6) is 5.75 Å². The van der Waals surface area contributed by atoms with E-state index in [4.69, 9.17) is 13.9 Å². The minimum absolute atomic E-state index is 0.0150. The van der Waals surface area contributed by atoms with Gasteiger partial charge in [0.05, 0.1) is 17.9 Å². The predicted molar refractivity (Wildman–Crippen MR) is 119 cm³/mol. The van der Waals surface area contributed by atoms with E-state index >= 15 is 0 Å². The number of ether oxygens (including phenoxy) is 2. The molecule has 8 nitrogen and oxygen atoms in total. The summed E-state index contributed by atoms with van der Waals surface area (Å²) in [5.74, 6) is -0.416. The Morgan fingerprint density at radius 1 is 1.22 bits per heavy atom. The van der Waals surface area contributed by atoms with Crippen molar-refractivity contribution in [3.63, 3.8) is 0 Å². The number of aryl methyl sites for hydroxylation is 1. The molecule has 0 bridgehead atoms. The molecule has 0 radical (unpaired) electrons. The summed E-state index contributed by atoms with van der Waals surface area (Å²) >= 11 is 2.43. The molecule has 2 heterocycles. The number of hydrogen-bond acceptors (Lipinski definition) is 9. The monoisotopic (exact) mass is 479 g/mol. The van der Waals surface area contributed by atoms with E-state index < -0.39 is 5.97 Å². The molecule has 0 fully saturated rings. The number of nitrogens with zero attached hydrogens (tertiary/aromatic N) is 2. The van der Waals surface area contributed by atoms with Gasteiger partial charge in [0, 0.05) is 4.88 Å². The van der Waals surface area contributed by atoms with Crippen molar-refractivity contribution in [1.29, 1.82) is 0 Å². The van der Waals surface area contributed by atoms with E-state index in [-0.39, 0.29) is 41.8 Å². The largest absolute Gasteiger partial charge is 0.484 e. The lowest BCUT2D eigenvalue weighted by atomic mass is 10.1. The molecule has 2 aromatic heterocycles. The lowest BCUT2D eigenvalue weighted by Crippen LogP contribution is -2.16. The summed E-state index contributed by atoms with van der Waals surface area (Å²) in [6.45, 7) is 5.84. The second-order valence-electron chi connectivity index (χ2n) is 6.47. The maximum absolute atomic E-state index is 12.9. The summed E-state index contributed by atoms with van der Waals surface area (Å²) in [6.07, 6.45) is 0.748. The molecule has 1 N–H and O–H groups in total. The lowest BCUT2D eigenvalue weighted by molar-refractivity contribution is -0.113. The molecule has 0 aliphatic carbocycles. The number of aromatic nitrogens is 2. The van der Waals surface area contributed by atoms with Gasteiger partial charge in [-0.3, -0.25) is 4.79 Å². The number of carbonyl (C=O) groups excluding carboxylic acids is 2.